The molecule has 0 aliphatic heterocycles. The highest BCUT2D eigenvalue weighted by Crippen LogP contribution is 2.39. The second-order valence-corrected chi connectivity index (χ2v) is 6.64. The number of hydrogen-bond donors (Lipinski definition) is 1. The summed E-state index contributed by atoms with van der Waals surface area (Å²) in [6, 6.07) is 7.34. The van der Waals surface area contributed by atoms with Crippen molar-refractivity contribution in [2.75, 3.05) is 0 Å². The van der Waals surface area contributed by atoms with E-state index in [-0.39, 0.29) is 27.8 Å². The molecule has 128 valence electrons. The fourth-order valence-electron chi connectivity index (χ4n) is 3.01. The topological polar surface area (TPSA) is 60.9 Å². The van der Waals surface area contributed by atoms with Crippen LogP contribution in [-0.4, -0.2) is 9.55 Å². The first-order valence-corrected chi connectivity index (χ1v) is 8.26. The minimum absolute atomic E-state index is 0.0444. The van der Waals surface area contributed by atoms with Crippen molar-refractivity contribution in [2.45, 2.75) is 18.9 Å². The second kappa shape index (κ2) is 5.89. The molecule has 4 rings (SSSR count). The lowest BCUT2D eigenvalue weighted by Crippen LogP contribution is -2.29. The summed E-state index contributed by atoms with van der Waals surface area (Å²) >= 11 is 6.16. The Bertz CT molecular complexity index is 1030. The lowest BCUT2D eigenvalue weighted by molar-refractivity contribution is 0.563. The van der Waals surface area contributed by atoms with E-state index in [1.54, 1.807) is 18.2 Å². The van der Waals surface area contributed by atoms with E-state index in [4.69, 9.17) is 17.3 Å². The summed E-state index contributed by atoms with van der Waals surface area (Å²) in [6.07, 6.45) is 1.87. The Balaban J connectivity index is 2.09. The van der Waals surface area contributed by atoms with Crippen LogP contribution in [0.1, 0.15) is 24.7 Å². The van der Waals surface area contributed by atoms with Crippen LogP contribution in [-0.2, 0) is 0 Å². The summed E-state index contributed by atoms with van der Waals surface area (Å²) in [7, 11) is 0. The molecule has 0 spiro atoms. The van der Waals surface area contributed by atoms with Gasteiger partial charge in [0, 0.05) is 6.07 Å². The first-order valence-electron chi connectivity index (χ1n) is 7.89. The molecule has 2 aromatic carbocycles. The van der Waals surface area contributed by atoms with Crippen LogP contribution < -0.4 is 11.3 Å². The number of nitrogens with two attached hydrogens (primary N) is 1. The standard InChI is InChI=1S/C18H14ClF2N3O/c19-13-2-1-3-14-15(13)18(25)24(12-7-10(20)6-11(21)8-12)17(23-14)16(22)9-4-5-9/h1-3,6-9,16H,4-5,22H2. The van der Waals surface area contributed by atoms with Gasteiger partial charge in [-0.3, -0.25) is 9.36 Å². The van der Waals surface area contributed by atoms with Crippen LogP contribution in [0.5, 0.6) is 0 Å². The molecule has 4 nitrogen and oxygen atoms in total. The van der Waals surface area contributed by atoms with Crippen molar-refractivity contribution in [3.8, 4) is 5.69 Å². The average Bonchev–Trinajstić information content (AvgIpc) is 3.37. The van der Waals surface area contributed by atoms with E-state index in [2.05, 4.69) is 4.98 Å². The van der Waals surface area contributed by atoms with Crippen molar-refractivity contribution in [1.82, 2.24) is 9.55 Å². The number of halogens is 3. The van der Waals surface area contributed by atoms with Gasteiger partial charge in [0.2, 0.25) is 0 Å². The molecular weight excluding hydrogens is 348 g/mol. The van der Waals surface area contributed by atoms with Crippen molar-refractivity contribution in [1.29, 1.82) is 0 Å². The average molecular weight is 362 g/mol. The molecule has 0 radical (unpaired) electrons. The molecule has 7 heteroatoms. The van der Waals surface area contributed by atoms with Crippen molar-refractivity contribution in [2.24, 2.45) is 11.7 Å². The largest absolute Gasteiger partial charge is 0.321 e. The molecule has 0 bridgehead atoms. The van der Waals surface area contributed by atoms with Gasteiger partial charge in [0.25, 0.3) is 5.56 Å². The Morgan fingerprint density at radius 2 is 1.88 bits per heavy atom. The molecule has 1 unspecified atom stereocenters. The van der Waals surface area contributed by atoms with Crippen LogP contribution >= 0.6 is 11.6 Å². The van der Waals surface area contributed by atoms with Gasteiger partial charge in [-0.05, 0) is 43.0 Å². The zero-order valence-corrected chi connectivity index (χ0v) is 13.8. The van der Waals surface area contributed by atoms with Crippen LogP contribution in [0.4, 0.5) is 8.78 Å². The van der Waals surface area contributed by atoms with Crippen molar-refractivity contribution in [3.63, 3.8) is 0 Å². The number of aromatic nitrogens is 2. The van der Waals surface area contributed by atoms with Gasteiger partial charge < -0.3 is 5.73 Å². The maximum absolute atomic E-state index is 13.7. The quantitative estimate of drug-likeness (QED) is 0.773. The molecule has 1 saturated carbocycles. The third-order valence-corrected chi connectivity index (χ3v) is 4.72. The maximum atomic E-state index is 13.7. The van der Waals surface area contributed by atoms with Crippen LogP contribution in [0.3, 0.4) is 0 Å². The third kappa shape index (κ3) is 2.81. The third-order valence-electron chi connectivity index (χ3n) is 4.41. The molecule has 0 saturated heterocycles. The summed E-state index contributed by atoms with van der Waals surface area (Å²) in [5, 5.41) is 0.424. The molecule has 2 N–H and O–H groups in total. The molecule has 3 aromatic rings. The van der Waals surface area contributed by atoms with Gasteiger partial charge in [-0.15, -0.1) is 0 Å². The van der Waals surface area contributed by atoms with E-state index in [1.165, 1.54) is 4.57 Å². The maximum Gasteiger partial charge on any atom is 0.267 e. The molecular formula is C18H14ClF2N3O. The normalized spacial score (nSPS) is 15.5. The fraction of sp³-hybridized carbons (Fsp3) is 0.222. The number of benzene rings is 2. The van der Waals surface area contributed by atoms with E-state index in [0.29, 0.717) is 5.52 Å². The summed E-state index contributed by atoms with van der Waals surface area (Å²) < 4.78 is 28.6. The minimum Gasteiger partial charge on any atom is -0.321 e. The summed E-state index contributed by atoms with van der Waals surface area (Å²) in [6.45, 7) is 0. The molecule has 25 heavy (non-hydrogen) atoms. The van der Waals surface area contributed by atoms with E-state index in [0.717, 1.165) is 31.0 Å². The Morgan fingerprint density at radius 1 is 1.20 bits per heavy atom. The zero-order valence-electron chi connectivity index (χ0n) is 13.0. The summed E-state index contributed by atoms with van der Waals surface area (Å²) in [5.74, 6) is -1.08. The first kappa shape index (κ1) is 16.2. The van der Waals surface area contributed by atoms with E-state index in [9.17, 15) is 13.6 Å². The molecule has 1 atom stereocenters. The second-order valence-electron chi connectivity index (χ2n) is 6.24. The van der Waals surface area contributed by atoms with Crippen LogP contribution in [0, 0.1) is 17.6 Å². The molecule has 0 amide bonds. The Hall–Kier alpha value is -2.31. The van der Waals surface area contributed by atoms with Gasteiger partial charge in [0.1, 0.15) is 17.5 Å². The van der Waals surface area contributed by atoms with Crippen LogP contribution in [0.25, 0.3) is 16.6 Å². The van der Waals surface area contributed by atoms with Crippen LogP contribution in [0.15, 0.2) is 41.2 Å². The highest BCUT2D eigenvalue weighted by molar-refractivity contribution is 6.35. The van der Waals surface area contributed by atoms with E-state index in [1.807, 2.05) is 0 Å². The number of fused-ring (bicyclic) bond motifs is 1. The first-order chi connectivity index (χ1) is 12.0. The number of hydrogen-bond acceptors (Lipinski definition) is 3. The fourth-order valence-corrected chi connectivity index (χ4v) is 3.26. The smallest absolute Gasteiger partial charge is 0.267 e. The summed E-state index contributed by atoms with van der Waals surface area (Å²) in [5.41, 5.74) is 6.23. The lowest BCUT2D eigenvalue weighted by Gasteiger charge is -2.18. The number of nitrogens with zero attached hydrogens (tertiary/aromatic N) is 2. The predicted molar refractivity (Wildman–Crippen MR) is 91.9 cm³/mol. The SMILES string of the molecule is NC(c1nc2cccc(Cl)c2c(=O)n1-c1cc(F)cc(F)c1)C1CC1. The molecule has 1 heterocycles. The Labute approximate surface area is 146 Å². The lowest BCUT2D eigenvalue weighted by atomic mass is 10.1. The van der Waals surface area contributed by atoms with E-state index >= 15 is 0 Å². The van der Waals surface area contributed by atoms with Crippen molar-refractivity contribution >= 4 is 22.5 Å². The van der Waals surface area contributed by atoms with Crippen molar-refractivity contribution in [3.05, 3.63) is 69.2 Å². The van der Waals surface area contributed by atoms with E-state index < -0.39 is 23.2 Å². The molecule has 1 fully saturated rings. The van der Waals surface area contributed by atoms with Gasteiger partial charge in [0.15, 0.2) is 0 Å². The molecule has 1 aromatic heterocycles. The van der Waals surface area contributed by atoms with Gasteiger partial charge in [-0.1, -0.05) is 17.7 Å². The highest BCUT2D eigenvalue weighted by atomic mass is 35.5. The molecule has 1 aliphatic rings. The zero-order chi connectivity index (χ0) is 17.7. The van der Waals surface area contributed by atoms with Gasteiger partial charge in [0.05, 0.1) is 27.7 Å². The molecule has 1 aliphatic carbocycles. The highest BCUT2D eigenvalue weighted by Gasteiger charge is 2.33. The summed E-state index contributed by atoms with van der Waals surface area (Å²) in [4.78, 5) is 17.6. The van der Waals surface area contributed by atoms with Crippen LogP contribution in [0.2, 0.25) is 5.02 Å². The van der Waals surface area contributed by atoms with Crippen molar-refractivity contribution < 1.29 is 8.78 Å². The number of rotatable bonds is 3. The van der Waals surface area contributed by atoms with Gasteiger partial charge >= 0.3 is 0 Å². The predicted octanol–water partition coefficient (Wildman–Crippen LogP) is 3.73. The minimum atomic E-state index is -0.785. The van der Waals surface area contributed by atoms with Gasteiger partial charge in [-0.25, -0.2) is 13.8 Å². The Morgan fingerprint density at radius 3 is 2.52 bits per heavy atom. The van der Waals surface area contributed by atoms with Gasteiger partial charge in [-0.2, -0.15) is 0 Å². The monoisotopic (exact) mass is 361 g/mol. The Kier molecular flexibility index (Phi) is 3.81.